The summed E-state index contributed by atoms with van der Waals surface area (Å²) < 4.78 is 51.8. The van der Waals surface area contributed by atoms with Gasteiger partial charge < -0.3 is 10.2 Å². The van der Waals surface area contributed by atoms with Gasteiger partial charge in [0.25, 0.3) is 0 Å². The van der Waals surface area contributed by atoms with Crippen molar-refractivity contribution in [2.45, 2.75) is 37.5 Å². The Kier molecular flexibility index (Phi) is 3.86. The lowest BCUT2D eigenvalue weighted by Gasteiger charge is -2.36. The molecule has 4 nitrogen and oxygen atoms in total. The Morgan fingerprint density at radius 1 is 1.15 bits per heavy atom. The van der Waals surface area contributed by atoms with Gasteiger partial charge in [0, 0.05) is 23.5 Å². The minimum absolute atomic E-state index is 0.138. The van der Waals surface area contributed by atoms with Crippen molar-refractivity contribution in [1.82, 2.24) is 9.88 Å². The fourth-order valence-corrected chi connectivity index (χ4v) is 3.86. The third-order valence-electron chi connectivity index (χ3n) is 5.04. The minimum atomic E-state index is -4.42. The van der Waals surface area contributed by atoms with Crippen molar-refractivity contribution in [3.8, 4) is 0 Å². The number of aromatic nitrogens is 1. The molecule has 2 aromatic rings. The highest BCUT2D eigenvalue weighted by Gasteiger charge is 2.43. The number of halogens is 4. The number of amides is 2. The number of benzene rings is 1. The fourth-order valence-electron chi connectivity index (χ4n) is 3.86. The summed E-state index contributed by atoms with van der Waals surface area (Å²) in [4.78, 5) is 18.0. The molecule has 0 radical (unpaired) electrons. The van der Waals surface area contributed by atoms with Gasteiger partial charge in [-0.15, -0.1) is 0 Å². The highest BCUT2D eigenvalue weighted by molar-refractivity contribution is 5.90. The van der Waals surface area contributed by atoms with Crippen molar-refractivity contribution < 1.29 is 22.4 Å². The summed E-state index contributed by atoms with van der Waals surface area (Å²) in [5.74, 6) is -0.498. The maximum atomic E-state index is 13.9. The first-order valence-corrected chi connectivity index (χ1v) is 8.24. The van der Waals surface area contributed by atoms with Gasteiger partial charge in [0.1, 0.15) is 0 Å². The second-order valence-corrected chi connectivity index (χ2v) is 6.53. The first-order chi connectivity index (χ1) is 12.3. The first-order valence-electron chi connectivity index (χ1n) is 8.24. The third-order valence-corrected chi connectivity index (χ3v) is 5.04. The van der Waals surface area contributed by atoms with Gasteiger partial charge in [-0.1, -0.05) is 0 Å². The van der Waals surface area contributed by atoms with Gasteiger partial charge in [-0.2, -0.15) is 17.6 Å². The van der Waals surface area contributed by atoms with E-state index in [0.717, 1.165) is 30.5 Å². The van der Waals surface area contributed by atoms with Gasteiger partial charge in [0.15, 0.2) is 0 Å². The number of carbonyl (C=O) groups is 1. The van der Waals surface area contributed by atoms with Gasteiger partial charge in [0.05, 0.1) is 11.6 Å². The van der Waals surface area contributed by atoms with Crippen LogP contribution in [0.3, 0.4) is 0 Å². The quantitative estimate of drug-likeness (QED) is 0.596. The molecule has 2 aliphatic heterocycles. The van der Waals surface area contributed by atoms with E-state index in [2.05, 4.69) is 10.3 Å². The summed E-state index contributed by atoms with van der Waals surface area (Å²) in [5, 5.41) is 2.65. The summed E-state index contributed by atoms with van der Waals surface area (Å²) in [7, 11) is 0. The zero-order chi connectivity index (χ0) is 18.5. The molecular formula is C18H15F4N3O. The number of alkyl halides is 3. The first kappa shape index (κ1) is 16.8. The van der Waals surface area contributed by atoms with E-state index in [-0.39, 0.29) is 23.8 Å². The highest BCUT2D eigenvalue weighted by atomic mass is 19.4. The van der Waals surface area contributed by atoms with Crippen LogP contribution in [0, 0.1) is 5.95 Å². The monoisotopic (exact) mass is 365 g/mol. The molecular weight excluding hydrogens is 350 g/mol. The number of nitrogens with zero attached hydrogens (tertiary/aromatic N) is 2. The van der Waals surface area contributed by atoms with Crippen LogP contribution in [0.2, 0.25) is 0 Å². The fraction of sp³-hybridized carbons (Fsp3) is 0.333. The molecule has 26 heavy (non-hydrogen) atoms. The summed E-state index contributed by atoms with van der Waals surface area (Å²) in [6.45, 7) is 0. The lowest BCUT2D eigenvalue weighted by Crippen LogP contribution is -2.44. The molecule has 0 spiro atoms. The average Bonchev–Trinajstić information content (AvgIpc) is 2.91. The molecule has 2 aliphatic rings. The molecule has 2 bridgehead atoms. The summed E-state index contributed by atoms with van der Waals surface area (Å²) in [6, 6.07) is 5.27. The van der Waals surface area contributed by atoms with E-state index in [1.807, 2.05) is 0 Å². The van der Waals surface area contributed by atoms with E-state index in [1.54, 1.807) is 11.0 Å². The molecule has 2 atom stereocenters. The van der Waals surface area contributed by atoms with Crippen molar-refractivity contribution >= 4 is 11.7 Å². The summed E-state index contributed by atoms with van der Waals surface area (Å²) >= 11 is 0. The predicted molar refractivity (Wildman–Crippen MR) is 86.0 cm³/mol. The smallest absolute Gasteiger partial charge is 0.314 e. The van der Waals surface area contributed by atoms with Crippen molar-refractivity contribution in [3.05, 3.63) is 59.2 Å². The van der Waals surface area contributed by atoms with E-state index in [0.29, 0.717) is 12.0 Å². The number of urea groups is 1. The van der Waals surface area contributed by atoms with E-state index < -0.39 is 17.7 Å². The maximum Gasteiger partial charge on any atom is 0.416 e. The van der Waals surface area contributed by atoms with Gasteiger partial charge in [-0.3, -0.25) is 0 Å². The van der Waals surface area contributed by atoms with Crippen molar-refractivity contribution in [3.63, 3.8) is 0 Å². The molecule has 1 fully saturated rings. The summed E-state index contributed by atoms with van der Waals surface area (Å²) in [6.07, 6.45) is -1.16. The van der Waals surface area contributed by atoms with Crippen LogP contribution >= 0.6 is 0 Å². The Labute approximate surface area is 146 Å². The van der Waals surface area contributed by atoms with Crippen LogP contribution in [-0.2, 0) is 12.6 Å². The Morgan fingerprint density at radius 3 is 2.58 bits per heavy atom. The molecule has 1 N–H and O–H groups in total. The van der Waals surface area contributed by atoms with E-state index >= 15 is 0 Å². The van der Waals surface area contributed by atoms with Gasteiger partial charge in [-0.05, 0) is 55.2 Å². The second kappa shape index (κ2) is 5.96. The molecule has 1 aromatic heterocycles. The number of rotatable bonds is 1. The van der Waals surface area contributed by atoms with Crippen LogP contribution in [0.4, 0.5) is 28.0 Å². The number of anilines is 1. The number of hydrogen-bond acceptors (Lipinski definition) is 2. The average molecular weight is 365 g/mol. The van der Waals surface area contributed by atoms with Crippen LogP contribution in [0.25, 0.3) is 0 Å². The summed E-state index contributed by atoms with van der Waals surface area (Å²) in [5.41, 5.74) is 0.826. The lowest BCUT2D eigenvalue weighted by molar-refractivity contribution is -0.137. The molecule has 1 saturated heterocycles. The number of hydrogen-bond donors (Lipinski definition) is 1. The Balaban J connectivity index is 1.54. The van der Waals surface area contributed by atoms with Gasteiger partial charge in [0.2, 0.25) is 5.95 Å². The standard InChI is InChI=1S/C18H15F4N3O/c19-16-14-9-12-5-6-15(13(14)7-8-23-16)25(12)17(26)24-11-3-1-10(2-4-11)18(20,21)22/h1-4,7-8,12,15H,5-6,9H2,(H,24,26)/t12-,15+/m0/s1. The minimum Gasteiger partial charge on any atom is -0.314 e. The third kappa shape index (κ3) is 2.79. The second-order valence-electron chi connectivity index (χ2n) is 6.53. The van der Waals surface area contributed by atoms with Crippen LogP contribution in [0.15, 0.2) is 36.5 Å². The lowest BCUT2D eigenvalue weighted by atomic mass is 9.95. The van der Waals surface area contributed by atoms with E-state index in [1.165, 1.54) is 18.3 Å². The van der Waals surface area contributed by atoms with Crippen LogP contribution in [-0.4, -0.2) is 22.0 Å². The van der Waals surface area contributed by atoms with Crippen LogP contribution in [0.1, 0.15) is 35.6 Å². The molecule has 0 saturated carbocycles. The highest BCUT2D eigenvalue weighted by Crippen LogP contribution is 2.44. The molecule has 0 unspecified atom stereocenters. The topological polar surface area (TPSA) is 45.2 Å². The SMILES string of the molecule is O=C(Nc1ccc(C(F)(F)F)cc1)N1[C@H]2CC[C@@H]1c1ccnc(F)c1C2. The van der Waals surface area contributed by atoms with Crippen molar-refractivity contribution in [1.29, 1.82) is 0 Å². The number of nitrogens with one attached hydrogen (secondary N) is 1. The Morgan fingerprint density at radius 2 is 1.88 bits per heavy atom. The van der Waals surface area contributed by atoms with Crippen molar-refractivity contribution in [2.24, 2.45) is 0 Å². The zero-order valence-corrected chi connectivity index (χ0v) is 13.6. The molecule has 3 heterocycles. The van der Waals surface area contributed by atoms with E-state index in [9.17, 15) is 22.4 Å². The molecule has 2 amide bonds. The van der Waals surface area contributed by atoms with Crippen LogP contribution < -0.4 is 5.32 Å². The van der Waals surface area contributed by atoms with Gasteiger partial charge >= 0.3 is 12.2 Å². The number of carbonyl (C=O) groups excluding carboxylic acids is 1. The predicted octanol–water partition coefficient (Wildman–Crippen LogP) is 4.53. The number of pyridine rings is 1. The van der Waals surface area contributed by atoms with Gasteiger partial charge in [-0.25, -0.2) is 9.78 Å². The maximum absolute atomic E-state index is 13.9. The molecule has 4 rings (SSSR count). The van der Waals surface area contributed by atoms with Crippen LogP contribution in [0.5, 0.6) is 0 Å². The van der Waals surface area contributed by atoms with E-state index in [4.69, 9.17) is 0 Å². The normalized spacial score (nSPS) is 21.5. The molecule has 1 aromatic carbocycles. The molecule has 136 valence electrons. The Bertz CT molecular complexity index is 851. The molecule has 0 aliphatic carbocycles. The van der Waals surface area contributed by atoms with Crippen molar-refractivity contribution in [2.75, 3.05) is 5.32 Å². The Hall–Kier alpha value is -2.64. The number of fused-ring (bicyclic) bond motifs is 4. The largest absolute Gasteiger partial charge is 0.416 e. The zero-order valence-electron chi connectivity index (χ0n) is 13.6. The molecule has 8 heteroatoms.